The molecule has 0 aliphatic rings. The van der Waals surface area contributed by atoms with Crippen LogP contribution in [0.15, 0.2) is 28.8 Å². The number of primary amides is 2. The second-order valence-corrected chi connectivity index (χ2v) is 8.23. The van der Waals surface area contributed by atoms with Gasteiger partial charge in [0, 0.05) is 12.8 Å². The predicted molar refractivity (Wildman–Crippen MR) is 125 cm³/mol. The van der Waals surface area contributed by atoms with Crippen LogP contribution in [0.4, 0.5) is 4.79 Å². The Labute approximate surface area is 206 Å². The summed E-state index contributed by atoms with van der Waals surface area (Å²) in [4.78, 5) is 50.6. The van der Waals surface area contributed by atoms with Crippen LogP contribution < -0.4 is 27.8 Å². The zero-order chi connectivity index (χ0) is 26.7. The minimum absolute atomic E-state index is 0.0204. The second-order valence-electron chi connectivity index (χ2n) is 8.23. The number of urea groups is 1. The molecule has 10 N–H and O–H groups in total. The molecule has 2 rings (SSSR count). The molecule has 2 aromatic rings. The fourth-order valence-electron chi connectivity index (χ4n) is 3.30. The average Bonchev–Trinajstić information content (AvgIpc) is 3.30. The van der Waals surface area contributed by atoms with Crippen molar-refractivity contribution in [1.29, 1.82) is 0 Å². The van der Waals surface area contributed by atoms with Crippen LogP contribution in [0.25, 0.3) is 0 Å². The third-order valence-electron chi connectivity index (χ3n) is 5.27. The van der Waals surface area contributed by atoms with Crippen molar-refractivity contribution in [2.75, 3.05) is 0 Å². The van der Waals surface area contributed by atoms with Crippen LogP contribution in [-0.2, 0) is 20.8 Å². The average molecular weight is 506 g/mol. The molecule has 0 saturated carbocycles. The molecule has 0 unspecified atom stereocenters. The maximum Gasteiger partial charge on any atom is 0.326 e. The van der Waals surface area contributed by atoms with Crippen molar-refractivity contribution in [3.05, 3.63) is 41.5 Å². The molecule has 14 heteroatoms. The molecule has 0 fully saturated rings. The van der Waals surface area contributed by atoms with E-state index in [9.17, 15) is 29.4 Å². The van der Waals surface area contributed by atoms with Gasteiger partial charge in [-0.1, -0.05) is 17.3 Å². The van der Waals surface area contributed by atoms with E-state index in [-0.39, 0.29) is 43.1 Å². The van der Waals surface area contributed by atoms with E-state index in [4.69, 9.17) is 21.7 Å². The van der Waals surface area contributed by atoms with Gasteiger partial charge in [0.2, 0.25) is 17.7 Å². The predicted octanol–water partition coefficient (Wildman–Crippen LogP) is 0.122. The van der Waals surface area contributed by atoms with Crippen LogP contribution in [0.1, 0.15) is 67.9 Å². The molecule has 1 heterocycles. The molecule has 14 nitrogen and oxygen atoms in total. The molecule has 0 spiro atoms. The highest BCUT2D eigenvalue weighted by Gasteiger charge is 2.26. The van der Waals surface area contributed by atoms with Crippen molar-refractivity contribution in [1.82, 2.24) is 20.8 Å². The molecule has 0 radical (unpaired) electrons. The van der Waals surface area contributed by atoms with E-state index in [1.807, 2.05) is 0 Å². The van der Waals surface area contributed by atoms with Crippen LogP contribution in [0, 0.1) is 0 Å². The summed E-state index contributed by atoms with van der Waals surface area (Å²) in [6.07, 6.45) is 1.27. The number of nitrogens with one attached hydrogen (secondary N) is 2. The number of carboxylic acid groups (broad SMARTS) is 1. The third-order valence-corrected chi connectivity index (χ3v) is 5.27. The number of nitrogens with zero attached hydrogens (tertiary/aromatic N) is 2. The fraction of sp³-hybridized carbons (Fsp3) is 0.455. The molecule has 0 aliphatic heterocycles. The number of aromatic hydroxyl groups is 1. The molecule has 36 heavy (non-hydrogen) atoms. The lowest BCUT2D eigenvalue weighted by molar-refractivity contribution is -0.139. The molecule has 0 bridgehead atoms. The number of amides is 4. The molecule has 4 amide bonds. The van der Waals surface area contributed by atoms with Gasteiger partial charge in [0.05, 0.1) is 6.04 Å². The number of aromatic nitrogens is 2. The van der Waals surface area contributed by atoms with Crippen molar-refractivity contribution in [2.45, 2.75) is 63.1 Å². The Bertz CT molecular complexity index is 1040. The maximum atomic E-state index is 12.6. The van der Waals surface area contributed by atoms with E-state index < -0.39 is 41.9 Å². The summed E-state index contributed by atoms with van der Waals surface area (Å²) >= 11 is 0. The Balaban J connectivity index is 2.02. The number of phenols is 1. The van der Waals surface area contributed by atoms with Gasteiger partial charge in [-0.15, -0.1) is 0 Å². The molecule has 0 saturated heterocycles. The fourth-order valence-corrected chi connectivity index (χ4v) is 3.30. The number of phenolic OH excluding ortho intramolecular Hbond substituents is 1. The Morgan fingerprint density at radius 2 is 1.64 bits per heavy atom. The highest BCUT2D eigenvalue weighted by atomic mass is 16.5. The number of aliphatic carboxylic acids is 1. The largest absolute Gasteiger partial charge is 0.508 e. The number of carbonyl (C=O) groups excluding carboxylic acids is 3. The highest BCUT2D eigenvalue weighted by Crippen LogP contribution is 2.20. The first-order valence-corrected chi connectivity index (χ1v) is 11.3. The Morgan fingerprint density at radius 1 is 0.972 bits per heavy atom. The second kappa shape index (κ2) is 13.6. The Kier molecular flexibility index (Phi) is 10.6. The molecule has 3 atom stereocenters. The molecular weight excluding hydrogens is 474 g/mol. The number of hydrogen-bond donors (Lipinski definition) is 7. The first kappa shape index (κ1) is 28.0. The monoisotopic (exact) mass is 505 g/mol. The minimum atomic E-state index is -1.24. The number of carbonyl (C=O) groups is 4. The summed E-state index contributed by atoms with van der Waals surface area (Å²) in [5.41, 5.74) is 17.1. The standard InChI is InChI=1S/C22H31N7O7/c23-14(2-1-3-17(24)31)19-28-20(36-29-19)15(10-11-18(25)32)26-22(35)27-16(21(33)34)9-6-12-4-7-13(30)8-5-12/h4-5,7-8,14-16,30H,1-3,6,9-11,23H2,(H2,24,31)(H2,25,32)(H,33,34)(H2,26,27,35)/t14-,15-,16-/m0/s1. The van der Waals surface area contributed by atoms with E-state index in [0.717, 1.165) is 5.56 Å². The van der Waals surface area contributed by atoms with Crippen LogP contribution in [0.3, 0.4) is 0 Å². The van der Waals surface area contributed by atoms with Crippen LogP contribution in [0.5, 0.6) is 5.75 Å². The number of hydrogen-bond acceptors (Lipinski definition) is 9. The summed E-state index contributed by atoms with van der Waals surface area (Å²) in [5, 5.41) is 27.6. The van der Waals surface area contributed by atoms with E-state index in [1.165, 1.54) is 12.1 Å². The van der Waals surface area contributed by atoms with E-state index in [1.54, 1.807) is 12.1 Å². The zero-order valence-corrected chi connectivity index (χ0v) is 19.6. The topological polar surface area (TPSA) is 250 Å². The van der Waals surface area contributed by atoms with Crippen molar-refractivity contribution in [3.63, 3.8) is 0 Å². The van der Waals surface area contributed by atoms with E-state index in [0.29, 0.717) is 19.3 Å². The van der Waals surface area contributed by atoms with E-state index in [2.05, 4.69) is 20.8 Å². The number of carboxylic acids is 1. The highest BCUT2D eigenvalue weighted by molar-refractivity contribution is 5.82. The first-order valence-electron chi connectivity index (χ1n) is 11.3. The lowest BCUT2D eigenvalue weighted by Gasteiger charge is -2.19. The molecule has 0 aliphatic carbocycles. The van der Waals surface area contributed by atoms with Gasteiger partial charge in [-0.25, -0.2) is 9.59 Å². The molecular formula is C22H31N7O7. The van der Waals surface area contributed by atoms with Crippen molar-refractivity contribution in [2.24, 2.45) is 17.2 Å². The lowest BCUT2D eigenvalue weighted by Crippen LogP contribution is -2.47. The number of nitrogens with two attached hydrogens (primary N) is 3. The zero-order valence-electron chi connectivity index (χ0n) is 19.6. The van der Waals surface area contributed by atoms with Crippen molar-refractivity contribution < 1.29 is 33.9 Å². The van der Waals surface area contributed by atoms with Gasteiger partial charge < -0.3 is 42.6 Å². The van der Waals surface area contributed by atoms with Gasteiger partial charge in [0.25, 0.3) is 0 Å². The molecule has 196 valence electrons. The van der Waals surface area contributed by atoms with Gasteiger partial charge in [0.15, 0.2) is 5.82 Å². The molecule has 1 aromatic heterocycles. The SMILES string of the molecule is NC(=O)CCC[C@H](N)c1noc([C@H](CCC(N)=O)NC(=O)N[C@@H](CCc2ccc(O)cc2)C(=O)O)n1. The summed E-state index contributed by atoms with van der Waals surface area (Å²) in [6, 6.07) is 2.64. The molecule has 1 aromatic carbocycles. The summed E-state index contributed by atoms with van der Waals surface area (Å²) in [5.74, 6) is -2.13. The van der Waals surface area contributed by atoms with Gasteiger partial charge >= 0.3 is 12.0 Å². The Hall–Kier alpha value is -4.20. The van der Waals surface area contributed by atoms with Crippen molar-refractivity contribution >= 4 is 23.8 Å². The van der Waals surface area contributed by atoms with Gasteiger partial charge in [-0.05, 0) is 49.8 Å². The first-order chi connectivity index (χ1) is 17.0. The quantitative estimate of drug-likeness (QED) is 0.172. The van der Waals surface area contributed by atoms with Crippen LogP contribution >= 0.6 is 0 Å². The van der Waals surface area contributed by atoms with E-state index >= 15 is 0 Å². The Morgan fingerprint density at radius 3 is 2.25 bits per heavy atom. The number of rotatable bonds is 15. The van der Waals surface area contributed by atoms with Crippen LogP contribution in [0.2, 0.25) is 0 Å². The number of aryl methyl sites for hydroxylation is 1. The normalized spacial score (nSPS) is 13.4. The van der Waals surface area contributed by atoms with Crippen molar-refractivity contribution in [3.8, 4) is 5.75 Å². The smallest absolute Gasteiger partial charge is 0.326 e. The summed E-state index contributed by atoms with van der Waals surface area (Å²) in [7, 11) is 0. The van der Waals surface area contributed by atoms with Gasteiger partial charge in [-0.3, -0.25) is 9.59 Å². The summed E-state index contributed by atoms with van der Waals surface area (Å²) < 4.78 is 5.21. The van der Waals surface area contributed by atoms with Gasteiger partial charge in [0.1, 0.15) is 17.8 Å². The maximum absolute atomic E-state index is 12.6. The number of benzene rings is 1. The lowest BCUT2D eigenvalue weighted by atomic mass is 10.1. The van der Waals surface area contributed by atoms with Gasteiger partial charge in [-0.2, -0.15) is 4.98 Å². The minimum Gasteiger partial charge on any atom is -0.508 e. The van der Waals surface area contributed by atoms with Crippen LogP contribution in [-0.4, -0.2) is 50.2 Å². The summed E-state index contributed by atoms with van der Waals surface area (Å²) in [6.45, 7) is 0. The third kappa shape index (κ3) is 9.58.